The van der Waals surface area contributed by atoms with E-state index >= 15 is 0 Å². The highest BCUT2D eigenvalue weighted by molar-refractivity contribution is 7.80. The summed E-state index contributed by atoms with van der Waals surface area (Å²) in [6.45, 7) is 6.21. The van der Waals surface area contributed by atoms with Crippen molar-refractivity contribution in [3.8, 4) is 11.5 Å². The molecule has 0 aliphatic heterocycles. The van der Waals surface area contributed by atoms with Crippen LogP contribution in [-0.2, 0) is 4.79 Å². The maximum Gasteiger partial charge on any atom is 0.265 e. The third-order valence-corrected chi connectivity index (χ3v) is 5.37. The number of rotatable bonds is 9. The fraction of sp³-hybridized carbons (Fsp3) is 0.222. The lowest BCUT2D eigenvalue weighted by Crippen LogP contribution is -2.34. The first-order chi connectivity index (χ1) is 17.2. The molecule has 1 unspecified atom stereocenters. The second-order valence-electron chi connectivity index (χ2n) is 8.37. The quantitative estimate of drug-likeness (QED) is 0.301. The number of anilines is 2. The van der Waals surface area contributed by atoms with Gasteiger partial charge < -0.3 is 20.1 Å². The van der Waals surface area contributed by atoms with Crippen LogP contribution in [0.25, 0.3) is 0 Å². The van der Waals surface area contributed by atoms with Gasteiger partial charge in [0.1, 0.15) is 11.5 Å². The van der Waals surface area contributed by atoms with Crippen LogP contribution in [0.5, 0.6) is 11.5 Å². The summed E-state index contributed by atoms with van der Waals surface area (Å²) in [4.78, 5) is 25.2. The van der Waals surface area contributed by atoms with Gasteiger partial charge in [0.15, 0.2) is 11.2 Å². The highest BCUT2D eigenvalue weighted by Crippen LogP contribution is 2.24. The second-order valence-corrected chi connectivity index (χ2v) is 9.18. The highest BCUT2D eigenvalue weighted by Gasteiger charge is 2.17. The molecular formula is C27H28ClN3O4S. The Balaban J connectivity index is 1.53. The Bertz CT molecular complexity index is 1220. The highest BCUT2D eigenvalue weighted by atomic mass is 35.5. The van der Waals surface area contributed by atoms with Gasteiger partial charge in [-0.3, -0.25) is 14.9 Å². The monoisotopic (exact) mass is 525 g/mol. The summed E-state index contributed by atoms with van der Waals surface area (Å²) in [5.41, 5.74) is 1.61. The van der Waals surface area contributed by atoms with Crippen molar-refractivity contribution < 1.29 is 19.1 Å². The van der Waals surface area contributed by atoms with Crippen LogP contribution in [0.4, 0.5) is 11.4 Å². The Morgan fingerprint density at radius 3 is 2.08 bits per heavy atom. The summed E-state index contributed by atoms with van der Waals surface area (Å²) in [6, 6.07) is 20.9. The van der Waals surface area contributed by atoms with Gasteiger partial charge in [-0.2, -0.15) is 0 Å². The Hall–Kier alpha value is -3.62. The Morgan fingerprint density at radius 1 is 0.861 bits per heavy atom. The van der Waals surface area contributed by atoms with E-state index in [2.05, 4.69) is 16.0 Å². The van der Waals surface area contributed by atoms with Gasteiger partial charge in [-0.1, -0.05) is 49.7 Å². The third-order valence-electron chi connectivity index (χ3n) is 4.85. The number of carbonyl (C=O) groups excluding carboxylic acids is 2. The van der Waals surface area contributed by atoms with Gasteiger partial charge in [0.05, 0.1) is 17.2 Å². The molecule has 2 amide bonds. The number of ether oxygens (including phenoxy) is 2. The summed E-state index contributed by atoms with van der Waals surface area (Å²) in [7, 11) is 0. The lowest BCUT2D eigenvalue weighted by atomic mass is 10.2. The largest absolute Gasteiger partial charge is 0.492 e. The van der Waals surface area contributed by atoms with E-state index in [-0.39, 0.29) is 16.9 Å². The number of amides is 2. The van der Waals surface area contributed by atoms with Gasteiger partial charge in [-0.15, -0.1) is 0 Å². The van der Waals surface area contributed by atoms with Crippen LogP contribution in [0.3, 0.4) is 0 Å². The first kappa shape index (κ1) is 27.0. The van der Waals surface area contributed by atoms with E-state index in [0.29, 0.717) is 46.0 Å². The van der Waals surface area contributed by atoms with Crippen molar-refractivity contribution in [3.05, 3.63) is 83.4 Å². The number of nitrogens with one attached hydrogen (secondary N) is 3. The molecule has 0 fully saturated rings. The first-order valence-electron chi connectivity index (χ1n) is 11.4. The van der Waals surface area contributed by atoms with Gasteiger partial charge in [0, 0.05) is 11.4 Å². The lowest BCUT2D eigenvalue weighted by Gasteiger charge is -2.16. The minimum Gasteiger partial charge on any atom is -0.492 e. The number of halogens is 1. The summed E-state index contributed by atoms with van der Waals surface area (Å²) < 4.78 is 11.4. The minimum absolute atomic E-state index is 0.136. The number of para-hydroxylation sites is 2. The predicted octanol–water partition coefficient (Wildman–Crippen LogP) is 5.91. The van der Waals surface area contributed by atoms with E-state index in [1.807, 2.05) is 19.9 Å². The molecule has 3 aromatic carbocycles. The third kappa shape index (κ3) is 7.96. The lowest BCUT2D eigenvalue weighted by molar-refractivity contribution is -0.122. The van der Waals surface area contributed by atoms with Crippen molar-refractivity contribution in [1.82, 2.24) is 5.32 Å². The normalized spacial score (nSPS) is 11.4. The zero-order chi connectivity index (χ0) is 26.1. The van der Waals surface area contributed by atoms with Crippen LogP contribution in [0, 0.1) is 5.92 Å². The van der Waals surface area contributed by atoms with Crippen LogP contribution in [-0.4, -0.2) is 29.6 Å². The molecule has 0 spiro atoms. The molecule has 3 N–H and O–H groups in total. The summed E-state index contributed by atoms with van der Waals surface area (Å²) in [5.74, 6) is 0.570. The number of thiocarbonyl (C=S) groups is 1. The average molecular weight is 526 g/mol. The first-order valence-corrected chi connectivity index (χ1v) is 12.2. The van der Waals surface area contributed by atoms with E-state index in [1.54, 1.807) is 73.7 Å². The Labute approximate surface area is 221 Å². The molecule has 0 bridgehead atoms. The van der Waals surface area contributed by atoms with Gasteiger partial charge in [0.2, 0.25) is 0 Å². The summed E-state index contributed by atoms with van der Waals surface area (Å²) in [6.07, 6.45) is -0.752. The number of hydrogen-bond donors (Lipinski definition) is 3. The fourth-order valence-corrected chi connectivity index (χ4v) is 3.43. The van der Waals surface area contributed by atoms with Gasteiger partial charge in [-0.25, -0.2) is 0 Å². The van der Waals surface area contributed by atoms with Crippen LogP contribution >= 0.6 is 23.8 Å². The number of hydrogen-bond acceptors (Lipinski definition) is 5. The second kappa shape index (κ2) is 12.9. The molecule has 0 aliphatic carbocycles. The van der Waals surface area contributed by atoms with Gasteiger partial charge in [-0.05, 0) is 73.6 Å². The van der Waals surface area contributed by atoms with Crippen LogP contribution in [0.1, 0.15) is 31.1 Å². The molecule has 0 aliphatic rings. The zero-order valence-electron chi connectivity index (χ0n) is 20.2. The average Bonchev–Trinajstić information content (AvgIpc) is 2.85. The molecule has 188 valence electrons. The maximum atomic E-state index is 12.7. The molecule has 1 atom stereocenters. The van der Waals surface area contributed by atoms with E-state index < -0.39 is 6.10 Å². The number of benzene rings is 3. The molecule has 3 aromatic rings. The van der Waals surface area contributed by atoms with Crippen molar-refractivity contribution in [2.24, 2.45) is 5.92 Å². The molecule has 0 aromatic heterocycles. The fourth-order valence-electron chi connectivity index (χ4n) is 3.03. The van der Waals surface area contributed by atoms with Gasteiger partial charge in [0.25, 0.3) is 11.8 Å². The van der Waals surface area contributed by atoms with Crippen LogP contribution in [0.2, 0.25) is 5.02 Å². The molecule has 0 heterocycles. The van der Waals surface area contributed by atoms with E-state index in [1.165, 1.54) is 0 Å². The topological polar surface area (TPSA) is 88.7 Å². The number of carbonyl (C=O) groups is 2. The zero-order valence-corrected chi connectivity index (χ0v) is 21.8. The maximum absolute atomic E-state index is 12.7. The van der Waals surface area contributed by atoms with Crippen LogP contribution < -0.4 is 25.4 Å². The molecule has 0 radical (unpaired) electrons. The molecule has 9 heteroatoms. The van der Waals surface area contributed by atoms with Gasteiger partial charge >= 0.3 is 0 Å². The SMILES string of the molecule is CC(C)COc1ccccc1C(=O)NC(=S)Nc1ccc(NC(=O)C(C)Oc2ccccc2Cl)cc1. The predicted molar refractivity (Wildman–Crippen MR) is 147 cm³/mol. The molecule has 7 nitrogen and oxygen atoms in total. The summed E-state index contributed by atoms with van der Waals surface area (Å²) in [5, 5.41) is 8.99. The van der Waals surface area contributed by atoms with Crippen molar-refractivity contribution >= 4 is 52.1 Å². The molecular weight excluding hydrogens is 498 g/mol. The van der Waals surface area contributed by atoms with E-state index in [9.17, 15) is 9.59 Å². The van der Waals surface area contributed by atoms with Crippen molar-refractivity contribution in [2.75, 3.05) is 17.2 Å². The van der Waals surface area contributed by atoms with Crippen molar-refractivity contribution in [2.45, 2.75) is 26.9 Å². The van der Waals surface area contributed by atoms with E-state index in [4.69, 9.17) is 33.3 Å². The Morgan fingerprint density at radius 2 is 1.44 bits per heavy atom. The van der Waals surface area contributed by atoms with Crippen LogP contribution in [0.15, 0.2) is 72.8 Å². The standard InChI is InChI=1S/C27H28ClN3O4S/c1-17(2)16-34-23-10-6-4-8-21(23)26(33)31-27(36)30-20-14-12-19(13-15-20)29-25(32)18(3)35-24-11-7-5-9-22(24)28/h4-15,17-18H,16H2,1-3H3,(H,29,32)(H2,30,31,33,36). The molecule has 0 saturated carbocycles. The molecule has 0 saturated heterocycles. The molecule has 3 rings (SSSR count). The smallest absolute Gasteiger partial charge is 0.265 e. The summed E-state index contributed by atoms with van der Waals surface area (Å²) >= 11 is 11.4. The van der Waals surface area contributed by atoms with E-state index in [0.717, 1.165) is 0 Å². The minimum atomic E-state index is -0.752. The van der Waals surface area contributed by atoms with Crippen molar-refractivity contribution in [1.29, 1.82) is 0 Å². The Kier molecular flexibility index (Phi) is 9.67. The van der Waals surface area contributed by atoms with Crippen molar-refractivity contribution in [3.63, 3.8) is 0 Å². The molecule has 36 heavy (non-hydrogen) atoms.